The Morgan fingerprint density at radius 1 is 0.750 bits per heavy atom. The van der Waals surface area contributed by atoms with E-state index in [4.69, 9.17) is 0 Å². The highest BCUT2D eigenvalue weighted by molar-refractivity contribution is 9.10. The second-order valence-corrected chi connectivity index (χ2v) is 5.93. The highest BCUT2D eigenvalue weighted by atomic mass is 79.9. The molecule has 0 aromatic heterocycles. The van der Waals surface area contributed by atoms with Crippen LogP contribution in [-0.2, 0) is 0 Å². The van der Waals surface area contributed by atoms with Crippen molar-refractivity contribution in [3.8, 4) is 5.75 Å². The third kappa shape index (κ3) is 4.36. The molecule has 4 nitrogen and oxygen atoms in total. The molecule has 0 aliphatic heterocycles. The van der Waals surface area contributed by atoms with Crippen LogP contribution in [-0.4, -0.2) is 11.3 Å². The third-order valence-corrected chi connectivity index (χ3v) is 3.72. The second kappa shape index (κ2) is 7.66. The molecular weight excluding hydrogens is 366 g/mol. The normalized spacial score (nSPS) is 11.4. The SMILES string of the molecule is Oc1ccc(Br)cc1C=Nc1ccc(N=Nc2ccccc2)cc1. The molecular formula is C19H14BrN3O. The summed E-state index contributed by atoms with van der Waals surface area (Å²) < 4.78 is 0.887. The number of rotatable bonds is 4. The van der Waals surface area contributed by atoms with Crippen molar-refractivity contribution in [3.63, 3.8) is 0 Å². The Morgan fingerprint density at radius 2 is 1.38 bits per heavy atom. The van der Waals surface area contributed by atoms with Crippen LogP contribution >= 0.6 is 15.9 Å². The molecule has 118 valence electrons. The number of azo groups is 1. The fraction of sp³-hybridized carbons (Fsp3) is 0. The van der Waals surface area contributed by atoms with E-state index in [-0.39, 0.29) is 5.75 Å². The lowest BCUT2D eigenvalue weighted by Crippen LogP contribution is -1.82. The molecule has 3 aromatic carbocycles. The average molecular weight is 380 g/mol. The van der Waals surface area contributed by atoms with Crippen LogP contribution in [0.4, 0.5) is 17.1 Å². The molecule has 0 bridgehead atoms. The third-order valence-electron chi connectivity index (χ3n) is 3.23. The minimum absolute atomic E-state index is 0.190. The predicted octanol–water partition coefficient (Wildman–Crippen LogP) is 6.32. The minimum Gasteiger partial charge on any atom is -0.507 e. The van der Waals surface area contributed by atoms with Crippen molar-refractivity contribution in [2.75, 3.05) is 0 Å². The maximum Gasteiger partial charge on any atom is 0.124 e. The summed E-state index contributed by atoms with van der Waals surface area (Å²) in [7, 11) is 0. The van der Waals surface area contributed by atoms with Gasteiger partial charge in [-0.3, -0.25) is 4.99 Å². The number of halogens is 1. The molecule has 0 atom stereocenters. The highest BCUT2D eigenvalue weighted by Gasteiger charge is 1.99. The molecule has 0 aliphatic carbocycles. The van der Waals surface area contributed by atoms with Gasteiger partial charge in [0, 0.05) is 16.3 Å². The van der Waals surface area contributed by atoms with Crippen LogP contribution in [0.1, 0.15) is 5.56 Å². The lowest BCUT2D eigenvalue weighted by molar-refractivity contribution is 0.474. The predicted molar refractivity (Wildman–Crippen MR) is 100 cm³/mol. The van der Waals surface area contributed by atoms with Crippen molar-refractivity contribution in [2.24, 2.45) is 15.2 Å². The standard InChI is InChI=1S/C19H14BrN3O/c20-15-6-11-19(24)14(12-15)13-21-16-7-9-18(10-8-16)23-22-17-4-2-1-3-5-17/h1-13,24H. The Balaban J connectivity index is 1.71. The summed E-state index contributed by atoms with van der Waals surface area (Å²) in [6.45, 7) is 0. The maximum absolute atomic E-state index is 9.80. The first-order valence-electron chi connectivity index (χ1n) is 7.30. The summed E-state index contributed by atoms with van der Waals surface area (Å²) >= 11 is 3.37. The van der Waals surface area contributed by atoms with Gasteiger partial charge in [-0.25, -0.2) is 0 Å². The Morgan fingerprint density at radius 3 is 2.08 bits per heavy atom. The van der Waals surface area contributed by atoms with Crippen molar-refractivity contribution >= 4 is 39.2 Å². The minimum atomic E-state index is 0.190. The molecule has 3 rings (SSSR count). The first kappa shape index (κ1) is 16.1. The number of aromatic hydroxyl groups is 1. The van der Waals surface area contributed by atoms with E-state index in [2.05, 4.69) is 31.2 Å². The zero-order chi connectivity index (χ0) is 16.8. The van der Waals surface area contributed by atoms with E-state index in [9.17, 15) is 5.11 Å². The van der Waals surface area contributed by atoms with Crippen LogP contribution in [0.15, 0.2) is 92.5 Å². The summed E-state index contributed by atoms with van der Waals surface area (Å²) in [5.41, 5.74) is 2.98. The number of phenolic OH excluding ortho intramolecular Hbond substituents is 1. The van der Waals surface area contributed by atoms with E-state index in [0.717, 1.165) is 21.5 Å². The number of hydrogen-bond donors (Lipinski definition) is 1. The smallest absolute Gasteiger partial charge is 0.124 e. The van der Waals surface area contributed by atoms with Gasteiger partial charge in [-0.05, 0) is 54.6 Å². The van der Waals surface area contributed by atoms with E-state index in [1.807, 2.05) is 54.6 Å². The van der Waals surface area contributed by atoms with Crippen LogP contribution in [0.2, 0.25) is 0 Å². The molecule has 0 amide bonds. The quantitative estimate of drug-likeness (QED) is 0.418. The molecule has 0 spiro atoms. The topological polar surface area (TPSA) is 57.3 Å². The summed E-state index contributed by atoms with van der Waals surface area (Å²) in [6, 6.07) is 22.2. The Hall–Kier alpha value is -2.79. The maximum atomic E-state index is 9.80. The van der Waals surface area contributed by atoms with Crippen LogP contribution in [0, 0.1) is 0 Å². The second-order valence-electron chi connectivity index (χ2n) is 5.01. The fourth-order valence-corrected chi connectivity index (χ4v) is 2.37. The number of benzene rings is 3. The molecule has 0 aliphatic rings. The van der Waals surface area contributed by atoms with Crippen LogP contribution < -0.4 is 0 Å². The summed E-state index contributed by atoms with van der Waals surface area (Å²) in [5.74, 6) is 0.190. The molecule has 0 fully saturated rings. The lowest BCUT2D eigenvalue weighted by atomic mass is 10.2. The van der Waals surface area contributed by atoms with Crippen molar-refractivity contribution in [1.29, 1.82) is 0 Å². The molecule has 0 radical (unpaired) electrons. The molecule has 24 heavy (non-hydrogen) atoms. The van der Waals surface area contributed by atoms with Gasteiger partial charge in [-0.15, -0.1) is 0 Å². The summed E-state index contributed by atoms with van der Waals surface area (Å²) in [5, 5.41) is 18.2. The lowest BCUT2D eigenvalue weighted by Gasteiger charge is -1.99. The largest absolute Gasteiger partial charge is 0.507 e. The first-order valence-corrected chi connectivity index (χ1v) is 8.09. The Bertz CT molecular complexity index is 875. The number of hydrogen-bond acceptors (Lipinski definition) is 4. The average Bonchev–Trinajstić information content (AvgIpc) is 2.62. The van der Waals surface area contributed by atoms with E-state index in [1.54, 1.807) is 24.4 Å². The van der Waals surface area contributed by atoms with Gasteiger partial charge in [0.1, 0.15) is 5.75 Å². The van der Waals surface area contributed by atoms with Crippen molar-refractivity contribution < 1.29 is 5.11 Å². The summed E-state index contributed by atoms with van der Waals surface area (Å²) in [6.07, 6.45) is 1.63. The van der Waals surface area contributed by atoms with Gasteiger partial charge in [0.25, 0.3) is 0 Å². The zero-order valence-corrected chi connectivity index (χ0v) is 14.3. The van der Waals surface area contributed by atoms with Gasteiger partial charge in [0.2, 0.25) is 0 Å². The summed E-state index contributed by atoms with van der Waals surface area (Å²) in [4.78, 5) is 4.36. The van der Waals surface area contributed by atoms with E-state index < -0.39 is 0 Å². The monoisotopic (exact) mass is 379 g/mol. The van der Waals surface area contributed by atoms with Gasteiger partial charge in [0.05, 0.1) is 17.1 Å². The molecule has 1 N–H and O–H groups in total. The van der Waals surface area contributed by atoms with Crippen molar-refractivity contribution in [3.05, 3.63) is 82.8 Å². The molecule has 3 aromatic rings. The fourth-order valence-electron chi connectivity index (χ4n) is 1.99. The van der Waals surface area contributed by atoms with Gasteiger partial charge in [-0.2, -0.15) is 10.2 Å². The van der Waals surface area contributed by atoms with E-state index in [1.165, 1.54) is 0 Å². The van der Waals surface area contributed by atoms with E-state index in [0.29, 0.717) is 5.56 Å². The number of aliphatic imine (C=N–C) groups is 1. The van der Waals surface area contributed by atoms with Crippen LogP contribution in [0.3, 0.4) is 0 Å². The molecule has 0 saturated carbocycles. The molecule has 0 heterocycles. The van der Waals surface area contributed by atoms with Crippen LogP contribution in [0.25, 0.3) is 0 Å². The van der Waals surface area contributed by atoms with Gasteiger partial charge in [-0.1, -0.05) is 34.1 Å². The molecule has 5 heteroatoms. The Kier molecular flexibility index (Phi) is 5.13. The zero-order valence-electron chi connectivity index (χ0n) is 12.7. The van der Waals surface area contributed by atoms with Crippen molar-refractivity contribution in [2.45, 2.75) is 0 Å². The number of nitrogens with zero attached hydrogens (tertiary/aromatic N) is 3. The van der Waals surface area contributed by atoms with Gasteiger partial charge >= 0.3 is 0 Å². The van der Waals surface area contributed by atoms with E-state index >= 15 is 0 Å². The first-order chi connectivity index (χ1) is 11.7. The van der Waals surface area contributed by atoms with Crippen LogP contribution in [0.5, 0.6) is 5.75 Å². The Labute approximate surface area is 148 Å². The van der Waals surface area contributed by atoms with Gasteiger partial charge in [0.15, 0.2) is 0 Å². The highest BCUT2D eigenvalue weighted by Crippen LogP contribution is 2.23. The van der Waals surface area contributed by atoms with Gasteiger partial charge < -0.3 is 5.11 Å². The molecule has 0 unspecified atom stereocenters. The molecule has 0 saturated heterocycles. The number of phenols is 1. The van der Waals surface area contributed by atoms with Crippen molar-refractivity contribution in [1.82, 2.24) is 0 Å².